The predicted molar refractivity (Wildman–Crippen MR) is 114 cm³/mol. The van der Waals surface area contributed by atoms with Crippen molar-refractivity contribution < 1.29 is 14.6 Å². The summed E-state index contributed by atoms with van der Waals surface area (Å²) in [6.45, 7) is 1.81. The van der Waals surface area contributed by atoms with Crippen LogP contribution >= 0.6 is 0 Å². The van der Waals surface area contributed by atoms with E-state index < -0.39 is 6.10 Å². The topological polar surface area (TPSA) is 74.5 Å². The highest BCUT2D eigenvalue weighted by Crippen LogP contribution is 2.53. The summed E-state index contributed by atoms with van der Waals surface area (Å²) in [5.74, 6) is 1.90. The van der Waals surface area contributed by atoms with E-state index in [1.807, 2.05) is 30.3 Å². The molecule has 2 aromatic rings. The van der Waals surface area contributed by atoms with Crippen molar-refractivity contribution in [1.29, 1.82) is 5.26 Å². The van der Waals surface area contributed by atoms with Crippen molar-refractivity contribution in [3.63, 3.8) is 0 Å². The van der Waals surface area contributed by atoms with E-state index in [0.29, 0.717) is 5.92 Å². The summed E-state index contributed by atoms with van der Waals surface area (Å²) in [5.41, 5.74) is 3.80. The Labute approximate surface area is 177 Å². The second-order valence-electron chi connectivity index (χ2n) is 8.89. The van der Waals surface area contributed by atoms with Gasteiger partial charge in [0.2, 0.25) is 0 Å². The molecule has 30 heavy (non-hydrogen) atoms. The number of aliphatic hydroxyl groups is 1. The fourth-order valence-electron chi connectivity index (χ4n) is 5.88. The number of ether oxygens (including phenoxy) is 2. The van der Waals surface area contributed by atoms with Gasteiger partial charge >= 0.3 is 0 Å². The summed E-state index contributed by atoms with van der Waals surface area (Å²) in [7, 11) is 1.65. The van der Waals surface area contributed by atoms with E-state index in [1.54, 1.807) is 7.11 Å². The molecule has 2 heterocycles. The van der Waals surface area contributed by atoms with Gasteiger partial charge in [0.05, 0.1) is 24.8 Å². The highest BCUT2D eigenvalue weighted by Gasteiger charge is 2.53. The molecule has 2 aromatic carbocycles. The number of aryl methyl sites for hydroxylation is 1. The zero-order valence-corrected chi connectivity index (χ0v) is 17.4. The summed E-state index contributed by atoms with van der Waals surface area (Å²) in [6, 6.07) is 14.1. The van der Waals surface area contributed by atoms with Crippen LogP contribution in [0.3, 0.4) is 0 Å². The lowest BCUT2D eigenvalue weighted by Crippen LogP contribution is -2.57. The third kappa shape index (κ3) is 3.15. The summed E-state index contributed by atoms with van der Waals surface area (Å²) < 4.78 is 12.1. The number of nitriles is 1. The molecule has 156 valence electrons. The molecule has 5 nitrogen and oxygen atoms in total. The van der Waals surface area contributed by atoms with Crippen LogP contribution in [-0.4, -0.2) is 30.9 Å². The Morgan fingerprint density at radius 1 is 1.17 bits per heavy atom. The molecule has 5 heteroatoms. The van der Waals surface area contributed by atoms with Crippen LogP contribution < -0.4 is 14.8 Å². The van der Waals surface area contributed by atoms with Crippen molar-refractivity contribution >= 4 is 0 Å². The molecule has 0 aromatic heterocycles. The minimum Gasteiger partial charge on any atom is -0.497 e. The molecule has 2 aliphatic heterocycles. The summed E-state index contributed by atoms with van der Waals surface area (Å²) in [6.07, 6.45) is 4.08. The lowest BCUT2D eigenvalue weighted by molar-refractivity contribution is -0.117. The van der Waals surface area contributed by atoms with Gasteiger partial charge in [0.1, 0.15) is 17.1 Å². The molecule has 1 aliphatic carbocycles. The van der Waals surface area contributed by atoms with Crippen LogP contribution in [0.4, 0.5) is 0 Å². The number of methoxy groups -OCH3 is 1. The first-order valence-electron chi connectivity index (χ1n) is 10.9. The zero-order chi connectivity index (χ0) is 20.7. The van der Waals surface area contributed by atoms with Crippen LogP contribution in [0.1, 0.15) is 47.6 Å². The SMILES string of the molecule is COc1ccc2c(c1)C(O)C(C1CCc3cc(C#N)ccc3C1)C1(CCNCC1)O2. The molecule has 1 fully saturated rings. The minimum atomic E-state index is -0.577. The molecular weight excluding hydrogens is 376 g/mol. The van der Waals surface area contributed by atoms with E-state index in [9.17, 15) is 10.4 Å². The van der Waals surface area contributed by atoms with Crippen LogP contribution in [0.5, 0.6) is 11.5 Å². The second kappa shape index (κ2) is 7.61. The Hall–Kier alpha value is -2.55. The summed E-state index contributed by atoms with van der Waals surface area (Å²) in [4.78, 5) is 0. The van der Waals surface area contributed by atoms with E-state index in [1.165, 1.54) is 11.1 Å². The predicted octanol–water partition coefficient (Wildman–Crippen LogP) is 3.54. The molecule has 2 N–H and O–H groups in total. The van der Waals surface area contributed by atoms with Crippen LogP contribution in [0.25, 0.3) is 0 Å². The van der Waals surface area contributed by atoms with Crippen molar-refractivity contribution in [1.82, 2.24) is 5.32 Å². The average molecular weight is 405 g/mol. The first-order chi connectivity index (χ1) is 14.6. The maximum absolute atomic E-state index is 11.6. The van der Waals surface area contributed by atoms with Crippen LogP contribution in [0.15, 0.2) is 36.4 Å². The van der Waals surface area contributed by atoms with E-state index in [4.69, 9.17) is 9.47 Å². The van der Waals surface area contributed by atoms with E-state index >= 15 is 0 Å². The molecule has 0 bridgehead atoms. The van der Waals surface area contributed by atoms with Crippen molar-refractivity contribution in [3.8, 4) is 17.6 Å². The molecule has 3 aliphatic rings. The van der Waals surface area contributed by atoms with E-state index in [-0.39, 0.29) is 11.5 Å². The summed E-state index contributed by atoms with van der Waals surface area (Å²) >= 11 is 0. The number of benzene rings is 2. The van der Waals surface area contributed by atoms with Crippen molar-refractivity contribution in [3.05, 3.63) is 58.7 Å². The van der Waals surface area contributed by atoms with Gasteiger partial charge in [-0.3, -0.25) is 0 Å². The van der Waals surface area contributed by atoms with Crippen LogP contribution in [0, 0.1) is 23.2 Å². The van der Waals surface area contributed by atoms with Gasteiger partial charge in [0.25, 0.3) is 0 Å². The Kier molecular flexibility index (Phi) is 4.92. The Morgan fingerprint density at radius 3 is 2.77 bits per heavy atom. The number of hydrogen-bond acceptors (Lipinski definition) is 5. The van der Waals surface area contributed by atoms with Crippen LogP contribution in [-0.2, 0) is 12.8 Å². The van der Waals surface area contributed by atoms with Crippen molar-refractivity contribution in [2.45, 2.75) is 43.8 Å². The first-order valence-corrected chi connectivity index (χ1v) is 10.9. The second-order valence-corrected chi connectivity index (χ2v) is 8.89. The number of fused-ring (bicyclic) bond motifs is 2. The fourth-order valence-corrected chi connectivity index (χ4v) is 5.88. The Morgan fingerprint density at radius 2 is 2.00 bits per heavy atom. The van der Waals surface area contributed by atoms with Gasteiger partial charge in [0.15, 0.2) is 0 Å². The highest BCUT2D eigenvalue weighted by molar-refractivity contribution is 5.45. The quantitative estimate of drug-likeness (QED) is 0.801. The maximum atomic E-state index is 11.6. The third-order valence-corrected chi connectivity index (χ3v) is 7.36. The smallest absolute Gasteiger partial charge is 0.126 e. The maximum Gasteiger partial charge on any atom is 0.126 e. The lowest BCUT2D eigenvalue weighted by atomic mass is 9.63. The minimum absolute atomic E-state index is 0.0306. The van der Waals surface area contributed by atoms with Gasteiger partial charge in [-0.15, -0.1) is 0 Å². The molecule has 0 radical (unpaired) electrons. The summed E-state index contributed by atoms with van der Waals surface area (Å²) in [5, 5.41) is 24.3. The molecule has 1 spiro atoms. The van der Waals surface area contributed by atoms with Gasteiger partial charge in [-0.25, -0.2) is 0 Å². The number of hydrogen-bond donors (Lipinski definition) is 2. The molecule has 1 saturated heterocycles. The van der Waals surface area contributed by atoms with E-state index in [2.05, 4.69) is 17.5 Å². The monoisotopic (exact) mass is 404 g/mol. The van der Waals surface area contributed by atoms with Gasteiger partial charge < -0.3 is 19.9 Å². The van der Waals surface area contributed by atoms with Gasteiger partial charge in [-0.2, -0.15) is 5.26 Å². The molecule has 3 unspecified atom stereocenters. The highest BCUT2D eigenvalue weighted by atomic mass is 16.5. The number of nitrogens with zero attached hydrogens (tertiary/aromatic N) is 1. The molecule has 0 saturated carbocycles. The number of rotatable bonds is 2. The van der Waals surface area contributed by atoms with Crippen LogP contribution in [0.2, 0.25) is 0 Å². The molecule has 0 amide bonds. The average Bonchev–Trinajstić information content (AvgIpc) is 2.79. The number of nitrogens with one attached hydrogen (secondary N) is 1. The van der Waals surface area contributed by atoms with Gasteiger partial charge in [-0.1, -0.05) is 6.07 Å². The largest absolute Gasteiger partial charge is 0.497 e. The Balaban J connectivity index is 1.53. The van der Waals surface area contributed by atoms with Crippen molar-refractivity contribution in [2.75, 3.05) is 20.2 Å². The normalized spacial score (nSPS) is 26.8. The van der Waals surface area contributed by atoms with Gasteiger partial charge in [0, 0.05) is 24.3 Å². The zero-order valence-electron chi connectivity index (χ0n) is 17.4. The number of aliphatic hydroxyl groups excluding tert-OH is 1. The van der Waals surface area contributed by atoms with Gasteiger partial charge in [-0.05, 0) is 79.7 Å². The molecule has 5 rings (SSSR count). The first kappa shape index (κ1) is 19.4. The molecular formula is C25H28N2O3. The third-order valence-electron chi connectivity index (χ3n) is 7.36. The molecule has 3 atom stereocenters. The fraction of sp³-hybridized carbons (Fsp3) is 0.480. The van der Waals surface area contributed by atoms with E-state index in [0.717, 1.165) is 67.8 Å². The Bertz CT molecular complexity index is 990. The van der Waals surface area contributed by atoms with Crippen molar-refractivity contribution in [2.24, 2.45) is 11.8 Å². The lowest BCUT2D eigenvalue weighted by Gasteiger charge is -2.52. The number of piperidine rings is 1. The standard InChI is InChI=1S/C25H28N2O3/c1-29-20-6-7-22-21(14-20)24(28)23(25(30-22)8-10-27-11-9-25)19-5-4-17-12-16(15-26)2-3-18(17)13-19/h2-3,6-7,12,14,19,23-24,27-28H,4-5,8-11,13H2,1H3.